The van der Waals surface area contributed by atoms with Gasteiger partial charge in [-0.2, -0.15) is 0 Å². The van der Waals surface area contributed by atoms with Gasteiger partial charge in [0.05, 0.1) is 24.0 Å². The molecular weight excluding hydrogens is 404 g/mol. The number of benzene rings is 1. The highest BCUT2D eigenvalue weighted by Crippen LogP contribution is 2.48. The average molecular weight is 431 g/mol. The number of hydrogen-bond donors (Lipinski definition) is 0. The lowest BCUT2D eigenvalue weighted by atomic mass is 9.71. The zero-order chi connectivity index (χ0) is 21.9. The van der Waals surface area contributed by atoms with Gasteiger partial charge in [-0.05, 0) is 55.9 Å². The second-order valence-corrected chi connectivity index (χ2v) is 9.66. The number of fused-ring (bicyclic) bond motifs is 1. The third-order valence-electron chi connectivity index (χ3n) is 5.69. The molecule has 0 atom stereocenters. The fraction of sp³-hybridized carbons (Fsp3) is 0.391. The van der Waals surface area contributed by atoms with Gasteiger partial charge in [0.15, 0.2) is 5.41 Å². The van der Waals surface area contributed by atoms with E-state index in [0.29, 0.717) is 11.1 Å². The van der Waals surface area contributed by atoms with Crippen molar-refractivity contribution in [2.75, 3.05) is 14.2 Å². The molecule has 2 aliphatic carbocycles. The molecule has 0 radical (unpaired) electrons. The molecule has 2 aliphatic rings. The molecule has 1 aromatic rings. The Kier molecular flexibility index (Phi) is 6.31. The monoisotopic (exact) mass is 430 g/mol. The molecule has 0 bridgehead atoms. The average Bonchev–Trinajstić information content (AvgIpc) is 2.75. The van der Waals surface area contributed by atoms with Crippen molar-refractivity contribution in [2.24, 2.45) is 5.41 Å². The van der Waals surface area contributed by atoms with Crippen molar-refractivity contribution in [1.29, 1.82) is 0 Å². The number of sulfone groups is 1. The molecule has 30 heavy (non-hydrogen) atoms. The van der Waals surface area contributed by atoms with Gasteiger partial charge in [-0.15, -0.1) is 0 Å². The van der Waals surface area contributed by atoms with Gasteiger partial charge in [0.25, 0.3) is 0 Å². The molecular formula is C23H26O6S. The minimum absolute atomic E-state index is 0.0409. The van der Waals surface area contributed by atoms with Gasteiger partial charge in [0.2, 0.25) is 9.84 Å². The van der Waals surface area contributed by atoms with Crippen LogP contribution in [0.25, 0.3) is 0 Å². The molecule has 0 aliphatic heterocycles. The van der Waals surface area contributed by atoms with Crippen LogP contribution in [-0.2, 0) is 28.9 Å². The first-order valence-electron chi connectivity index (χ1n) is 9.83. The lowest BCUT2D eigenvalue weighted by Gasteiger charge is -2.35. The smallest absolute Gasteiger partial charge is 0.323 e. The molecule has 0 aromatic heterocycles. The van der Waals surface area contributed by atoms with E-state index in [9.17, 15) is 18.0 Å². The molecule has 0 unspecified atom stereocenters. The first kappa shape index (κ1) is 22.0. The number of hydrogen-bond acceptors (Lipinski definition) is 6. The number of ether oxygens (including phenoxy) is 2. The largest absolute Gasteiger partial charge is 0.468 e. The highest BCUT2D eigenvalue weighted by atomic mass is 32.2. The van der Waals surface area contributed by atoms with Crippen molar-refractivity contribution in [3.8, 4) is 0 Å². The van der Waals surface area contributed by atoms with Gasteiger partial charge in [-0.25, -0.2) is 8.42 Å². The van der Waals surface area contributed by atoms with Crippen molar-refractivity contribution < 1.29 is 27.5 Å². The van der Waals surface area contributed by atoms with Gasteiger partial charge in [0.1, 0.15) is 0 Å². The summed E-state index contributed by atoms with van der Waals surface area (Å²) >= 11 is 0. The lowest BCUT2D eigenvalue weighted by molar-refractivity contribution is -0.169. The zero-order valence-electron chi connectivity index (χ0n) is 17.4. The second kappa shape index (κ2) is 8.60. The molecule has 3 rings (SSSR count). The van der Waals surface area contributed by atoms with Crippen LogP contribution >= 0.6 is 0 Å². The molecule has 0 N–H and O–H groups in total. The summed E-state index contributed by atoms with van der Waals surface area (Å²) in [6.07, 6.45) is 6.02. The Hall–Kier alpha value is -2.67. The molecule has 0 spiro atoms. The van der Waals surface area contributed by atoms with Crippen molar-refractivity contribution in [1.82, 2.24) is 0 Å². The zero-order valence-corrected chi connectivity index (χ0v) is 18.3. The summed E-state index contributed by atoms with van der Waals surface area (Å²) in [5.74, 6) is -1.59. The maximum Gasteiger partial charge on any atom is 0.323 e. The maximum atomic E-state index is 13.6. The molecule has 6 nitrogen and oxygen atoms in total. The number of rotatable bonds is 4. The Bertz CT molecular complexity index is 1030. The fourth-order valence-electron chi connectivity index (χ4n) is 4.11. The summed E-state index contributed by atoms with van der Waals surface area (Å²) in [5, 5.41) is 0. The van der Waals surface area contributed by atoms with Gasteiger partial charge in [-0.1, -0.05) is 35.9 Å². The van der Waals surface area contributed by atoms with Crippen LogP contribution in [0.5, 0.6) is 0 Å². The van der Waals surface area contributed by atoms with Crippen LogP contribution in [0.2, 0.25) is 0 Å². The lowest BCUT2D eigenvalue weighted by Crippen LogP contribution is -2.44. The van der Waals surface area contributed by atoms with Gasteiger partial charge in [0, 0.05) is 6.42 Å². The summed E-state index contributed by atoms with van der Waals surface area (Å²) < 4.78 is 37.2. The topological polar surface area (TPSA) is 86.7 Å². The molecule has 160 valence electrons. The van der Waals surface area contributed by atoms with E-state index < -0.39 is 27.2 Å². The summed E-state index contributed by atoms with van der Waals surface area (Å²) in [6, 6.07) is 8.04. The Morgan fingerprint density at radius 1 is 1.00 bits per heavy atom. The SMILES string of the molecule is COC(=O)C1(C(=O)OC)CC(S(=O)(=O)c2ccccc2)=C2/C=C(/C)CCC/C=C\2C1. The number of esters is 2. The molecule has 0 fully saturated rings. The Labute approximate surface area is 177 Å². The van der Waals surface area contributed by atoms with E-state index in [1.165, 1.54) is 26.4 Å². The van der Waals surface area contributed by atoms with Crippen LogP contribution in [0, 0.1) is 5.41 Å². The van der Waals surface area contributed by atoms with E-state index in [2.05, 4.69) is 0 Å². The number of carbonyl (C=O) groups is 2. The maximum absolute atomic E-state index is 13.6. The van der Waals surface area contributed by atoms with Crippen molar-refractivity contribution >= 4 is 21.8 Å². The third kappa shape index (κ3) is 3.86. The Balaban J connectivity index is 2.33. The molecule has 1 aromatic carbocycles. The van der Waals surface area contributed by atoms with E-state index >= 15 is 0 Å². The highest BCUT2D eigenvalue weighted by molar-refractivity contribution is 7.95. The highest BCUT2D eigenvalue weighted by Gasteiger charge is 2.54. The van der Waals surface area contributed by atoms with E-state index in [0.717, 1.165) is 24.8 Å². The summed E-state index contributed by atoms with van der Waals surface area (Å²) in [7, 11) is -1.58. The minimum atomic E-state index is -3.96. The third-order valence-corrected chi connectivity index (χ3v) is 7.59. The molecule has 7 heteroatoms. The van der Waals surface area contributed by atoms with Crippen LogP contribution in [0.15, 0.2) is 69.0 Å². The Morgan fingerprint density at radius 3 is 2.23 bits per heavy atom. The normalized spacial score (nSPS) is 22.4. The van der Waals surface area contributed by atoms with Crippen LogP contribution in [0.1, 0.15) is 39.0 Å². The van der Waals surface area contributed by atoms with E-state index in [1.807, 2.05) is 19.1 Å². The molecule has 0 heterocycles. The number of methoxy groups -OCH3 is 2. The van der Waals surface area contributed by atoms with Crippen LogP contribution in [0.3, 0.4) is 0 Å². The molecule has 0 saturated heterocycles. The number of carbonyl (C=O) groups excluding carboxylic acids is 2. The fourth-order valence-corrected chi connectivity index (χ4v) is 5.82. The van der Waals surface area contributed by atoms with E-state index in [4.69, 9.17) is 9.47 Å². The summed E-state index contributed by atoms with van der Waals surface area (Å²) in [6.45, 7) is 1.96. The predicted octanol–water partition coefficient (Wildman–Crippen LogP) is 3.90. The van der Waals surface area contributed by atoms with Crippen LogP contribution in [-0.4, -0.2) is 34.6 Å². The van der Waals surface area contributed by atoms with E-state index in [1.54, 1.807) is 18.2 Å². The predicted molar refractivity (Wildman–Crippen MR) is 112 cm³/mol. The van der Waals surface area contributed by atoms with Crippen molar-refractivity contribution in [3.05, 3.63) is 64.1 Å². The van der Waals surface area contributed by atoms with Gasteiger partial charge >= 0.3 is 11.9 Å². The molecule has 0 amide bonds. The summed E-state index contributed by atoms with van der Waals surface area (Å²) in [4.78, 5) is 25.8. The second-order valence-electron chi connectivity index (χ2n) is 7.68. The molecule has 0 saturated carbocycles. The van der Waals surface area contributed by atoms with Gasteiger partial charge < -0.3 is 9.47 Å². The van der Waals surface area contributed by atoms with Crippen LogP contribution < -0.4 is 0 Å². The van der Waals surface area contributed by atoms with Crippen LogP contribution in [0.4, 0.5) is 0 Å². The van der Waals surface area contributed by atoms with Gasteiger partial charge in [-0.3, -0.25) is 9.59 Å². The minimum Gasteiger partial charge on any atom is -0.468 e. The quantitative estimate of drug-likeness (QED) is 0.532. The first-order chi connectivity index (χ1) is 14.3. The summed E-state index contributed by atoms with van der Waals surface area (Å²) in [5.41, 5.74) is 0.543. The first-order valence-corrected chi connectivity index (χ1v) is 11.3. The van der Waals surface area contributed by atoms with Crippen molar-refractivity contribution in [2.45, 2.75) is 43.9 Å². The van der Waals surface area contributed by atoms with E-state index in [-0.39, 0.29) is 22.6 Å². The Morgan fingerprint density at radius 2 is 1.63 bits per heavy atom. The standard InChI is InChI=1S/C23H26O6S/c1-16-9-7-8-10-17-14-23(21(24)28-2,22(25)29-3)15-20(19(17)13-16)30(26,27)18-11-5-4-6-12-18/h4-6,10-13H,7-9,14-15H2,1-3H3/b16-13-,17-10-. The number of allylic oxidation sites excluding steroid dienone is 6. The van der Waals surface area contributed by atoms with Crippen molar-refractivity contribution in [3.63, 3.8) is 0 Å².